The molecule has 0 amide bonds. The van der Waals surface area contributed by atoms with Gasteiger partial charge in [-0.25, -0.2) is 8.78 Å². The fraction of sp³-hybridized carbons (Fsp3) is 0.571. The first-order valence-electron chi connectivity index (χ1n) is 6.05. The highest BCUT2D eigenvalue weighted by atomic mass is 19.1. The maximum absolute atomic E-state index is 13.8. The van der Waals surface area contributed by atoms with Crippen molar-refractivity contribution in [1.29, 1.82) is 0 Å². The molecule has 0 aromatic heterocycles. The SMILES string of the molecule is CC1(C)CCCCC1(O)c1ccc(F)cc1F. The van der Waals surface area contributed by atoms with Gasteiger partial charge >= 0.3 is 0 Å². The van der Waals surface area contributed by atoms with E-state index >= 15 is 0 Å². The first-order valence-corrected chi connectivity index (χ1v) is 6.05. The van der Waals surface area contributed by atoms with Crippen LogP contribution in [0.15, 0.2) is 18.2 Å². The molecule has 1 aromatic rings. The fourth-order valence-corrected chi connectivity index (χ4v) is 2.82. The Kier molecular flexibility index (Phi) is 2.98. The highest BCUT2D eigenvalue weighted by molar-refractivity contribution is 5.28. The van der Waals surface area contributed by atoms with Crippen molar-refractivity contribution < 1.29 is 13.9 Å². The molecule has 1 nitrogen and oxygen atoms in total. The normalized spacial score (nSPS) is 28.1. The number of hydrogen-bond donors (Lipinski definition) is 1. The van der Waals surface area contributed by atoms with Crippen molar-refractivity contribution in [2.45, 2.75) is 45.1 Å². The molecule has 3 heteroatoms. The number of aliphatic hydroxyl groups is 1. The zero-order valence-corrected chi connectivity index (χ0v) is 10.3. The van der Waals surface area contributed by atoms with Gasteiger partial charge in [-0.3, -0.25) is 0 Å². The van der Waals surface area contributed by atoms with E-state index in [1.54, 1.807) is 0 Å². The van der Waals surface area contributed by atoms with Crippen LogP contribution in [0.2, 0.25) is 0 Å². The summed E-state index contributed by atoms with van der Waals surface area (Å²) in [5.41, 5.74) is -1.35. The predicted molar refractivity (Wildman–Crippen MR) is 62.5 cm³/mol. The lowest BCUT2D eigenvalue weighted by Gasteiger charge is -2.47. The molecule has 94 valence electrons. The summed E-state index contributed by atoms with van der Waals surface area (Å²) in [7, 11) is 0. The van der Waals surface area contributed by atoms with E-state index in [1.165, 1.54) is 12.1 Å². The average Bonchev–Trinajstić information content (AvgIpc) is 2.22. The summed E-state index contributed by atoms with van der Waals surface area (Å²) < 4.78 is 26.7. The Morgan fingerprint density at radius 3 is 2.35 bits per heavy atom. The van der Waals surface area contributed by atoms with E-state index in [4.69, 9.17) is 0 Å². The standard InChI is InChI=1S/C14H18F2O/c1-13(2)7-3-4-8-14(13,17)11-6-5-10(15)9-12(11)16/h5-6,9,17H,3-4,7-8H2,1-2H3. The Labute approximate surface area is 100 Å². The molecular formula is C14H18F2O. The van der Waals surface area contributed by atoms with Crippen LogP contribution in [0.25, 0.3) is 0 Å². The third kappa shape index (κ3) is 1.97. The minimum absolute atomic E-state index is 0.226. The molecule has 0 radical (unpaired) electrons. The number of rotatable bonds is 1. The zero-order valence-electron chi connectivity index (χ0n) is 10.3. The summed E-state index contributed by atoms with van der Waals surface area (Å²) in [6.45, 7) is 3.88. The van der Waals surface area contributed by atoms with Crippen LogP contribution in [0.1, 0.15) is 45.1 Å². The molecule has 17 heavy (non-hydrogen) atoms. The minimum atomic E-state index is -1.19. The molecule has 1 saturated carbocycles. The van der Waals surface area contributed by atoms with Crippen LogP contribution in [-0.4, -0.2) is 5.11 Å². The molecule has 0 bridgehead atoms. The molecule has 0 heterocycles. The second-order valence-electron chi connectivity index (χ2n) is 5.58. The second-order valence-corrected chi connectivity index (χ2v) is 5.58. The molecule has 1 unspecified atom stereocenters. The molecule has 1 fully saturated rings. The quantitative estimate of drug-likeness (QED) is 0.792. The maximum atomic E-state index is 13.8. The van der Waals surface area contributed by atoms with Crippen LogP contribution < -0.4 is 0 Å². The van der Waals surface area contributed by atoms with Gasteiger partial charge in [-0.2, -0.15) is 0 Å². The Morgan fingerprint density at radius 1 is 1.12 bits per heavy atom. The van der Waals surface area contributed by atoms with Crippen molar-refractivity contribution in [3.8, 4) is 0 Å². The molecule has 0 saturated heterocycles. The van der Waals surface area contributed by atoms with Gasteiger partial charge in [0.2, 0.25) is 0 Å². The van der Waals surface area contributed by atoms with Gasteiger partial charge in [-0.05, 0) is 24.3 Å². The van der Waals surface area contributed by atoms with Crippen LogP contribution in [0.4, 0.5) is 8.78 Å². The second kappa shape index (κ2) is 4.05. The van der Waals surface area contributed by atoms with Gasteiger partial charge in [-0.1, -0.05) is 32.8 Å². The van der Waals surface area contributed by atoms with Crippen molar-refractivity contribution in [3.63, 3.8) is 0 Å². The van der Waals surface area contributed by atoms with Crippen LogP contribution in [0.3, 0.4) is 0 Å². The Hall–Kier alpha value is -0.960. The lowest BCUT2D eigenvalue weighted by molar-refractivity contribution is -0.106. The van der Waals surface area contributed by atoms with Crippen molar-refractivity contribution in [1.82, 2.24) is 0 Å². The molecular weight excluding hydrogens is 222 g/mol. The van der Waals surface area contributed by atoms with Crippen LogP contribution in [-0.2, 0) is 5.60 Å². The molecule has 2 rings (SSSR count). The Bertz CT molecular complexity index is 428. The van der Waals surface area contributed by atoms with Gasteiger partial charge in [0.25, 0.3) is 0 Å². The monoisotopic (exact) mass is 240 g/mol. The number of halogens is 2. The van der Waals surface area contributed by atoms with Gasteiger partial charge in [0.15, 0.2) is 0 Å². The van der Waals surface area contributed by atoms with Crippen LogP contribution in [0.5, 0.6) is 0 Å². The number of hydrogen-bond acceptors (Lipinski definition) is 1. The first kappa shape index (κ1) is 12.5. The topological polar surface area (TPSA) is 20.2 Å². The van der Waals surface area contributed by atoms with Gasteiger partial charge in [0.05, 0.1) is 5.60 Å². The average molecular weight is 240 g/mol. The first-order chi connectivity index (χ1) is 7.87. The van der Waals surface area contributed by atoms with E-state index in [1.807, 2.05) is 13.8 Å². The van der Waals surface area contributed by atoms with Gasteiger partial charge in [0.1, 0.15) is 11.6 Å². The van der Waals surface area contributed by atoms with Crippen molar-refractivity contribution in [2.24, 2.45) is 5.41 Å². The van der Waals surface area contributed by atoms with E-state index < -0.39 is 17.2 Å². The Morgan fingerprint density at radius 2 is 1.76 bits per heavy atom. The van der Waals surface area contributed by atoms with E-state index in [9.17, 15) is 13.9 Å². The maximum Gasteiger partial charge on any atom is 0.132 e. The minimum Gasteiger partial charge on any atom is -0.384 e. The van der Waals surface area contributed by atoms with E-state index in [0.717, 1.165) is 25.3 Å². The molecule has 1 atom stereocenters. The summed E-state index contributed by atoms with van der Waals surface area (Å²) in [5.74, 6) is -1.26. The van der Waals surface area contributed by atoms with E-state index in [2.05, 4.69) is 0 Å². The lowest BCUT2D eigenvalue weighted by atomic mass is 9.62. The third-order valence-corrected chi connectivity index (χ3v) is 4.09. The predicted octanol–water partition coefficient (Wildman–Crippen LogP) is 3.75. The molecule has 1 aliphatic rings. The van der Waals surface area contributed by atoms with Gasteiger partial charge in [-0.15, -0.1) is 0 Å². The van der Waals surface area contributed by atoms with Crippen LogP contribution >= 0.6 is 0 Å². The summed E-state index contributed by atoms with van der Waals surface area (Å²) in [4.78, 5) is 0. The van der Waals surface area contributed by atoms with Crippen molar-refractivity contribution in [3.05, 3.63) is 35.4 Å². The lowest BCUT2D eigenvalue weighted by Crippen LogP contribution is -2.45. The summed E-state index contributed by atoms with van der Waals surface area (Å²) in [6.07, 6.45) is 3.29. The van der Waals surface area contributed by atoms with Crippen molar-refractivity contribution in [2.75, 3.05) is 0 Å². The third-order valence-electron chi connectivity index (χ3n) is 4.09. The largest absolute Gasteiger partial charge is 0.384 e. The zero-order chi connectivity index (χ0) is 12.7. The van der Waals surface area contributed by atoms with E-state index in [0.29, 0.717) is 6.42 Å². The van der Waals surface area contributed by atoms with Gasteiger partial charge < -0.3 is 5.11 Å². The molecule has 0 aliphatic heterocycles. The molecule has 1 aliphatic carbocycles. The smallest absolute Gasteiger partial charge is 0.132 e. The van der Waals surface area contributed by atoms with E-state index in [-0.39, 0.29) is 11.0 Å². The summed E-state index contributed by atoms with van der Waals surface area (Å²) >= 11 is 0. The Balaban J connectivity index is 2.49. The molecule has 1 aromatic carbocycles. The number of benzene rings is 1. The molecule has 1 N–H and O–H groups in total. The van der Waals surface area contributed by atoms with Crippen LogP contribution in [0, 0.1) is 17.0 Å². The highest BCUT2D eigenvalue weighted by Gasteiger charge is 2.47. The highest BCUT2D eigenvalue weighted by Crippen LogP contribution is 2.50. The summed E-state index contributed by atoms with van der Waals surface area (Å²) in [6, 6.07) is 3.43. The molecule has 0 spiro atoms. The van der Waals surface area contributed by atoms with Gasteiger partial charge in [0, 0.05) is 11.6 Å². The van der Waals surface area contributed by atoms with Crippen molar-refractivity contribution >= 4 is 0 Å². The fourth-order valence-electron chi connectivity index (χ4n) is 2.82. The summed E-state index contributed by atoms with van der Waals surface area (Å²) in [5, 5.41) is 10.8.